The maximum absolute atomic E-state index is 12.6. The molecule has 24 heavy (non-hydrogen) atoms. The van der Waals surface area contributed by atoms with Gasteiger partial charge in [0.25, 0.3) is 0 Å². The number of rotatable bonds is 7. The van der Waals surface area contributed by atoms with Gasteiger partial charge in [-0.2, -0.15) is 0 Å². The zero-order valence-electron chi connectivity index (χ0n) is 15.7. The summed E-state index contributed by atoms with van der Waals surface area (Å²) in [6.45, 7) is 6.22. The van der Waals surface area contributed by atoms with Crippen LogP contribution in [0.15, 0.2) is 0 Å². The first-order valence-electron chi connectivity index (χ1n) is 9.94. The largest absolute Gasteiger partial charge is 0.395 e. The molecule has 2 aliphatic rings. The van der Waals surface area contributed by atoms with Crippen molar-refractivity contribution in [3.63, 3.8) is 0 Å². The molecule has 1 saturated heterocycles. The number of likely N-dealkylation sites (tertiary alicyclic amines) is 1. The summed E-state index contributed by atoms with van der Waals surface area (Å²) in [7, 11) is 2.08. The molecule has 1 heterocycles. The molecule has 1 unspecified atom stereocenters. The van der Waals surface area contributed by atoms with E-state index in [4.69, 9.17) is 5.11 Å². The quantitative estimate of drug-likeness (QED) is 0.695. The van der Waals surface area contributed by atoms with Gasteiger partial charge in [-0.3, -0.25) is 9.69 Å². The maximum atomic E-state index is 12.6. The second-order valence-electron chi connectivity index (χ2n) is 7.82. The number of piperidine rings is 1. The first-order valence-corrected chi connectivity index (χ1v) is 9.94. The minimum Gasteiger partial charge on any atom is -0.395 e. The smallest absolute Gasteiger partial charge is 0.237 e. The summed E-state index contributed by atoms with van der Waals surface area (Å²) in [5, 5.41) is 12.3. The lowest BCUT2D eigenvalue weighted by molar-refractivity contribution is -0.126. The second kappa shape index (κ2) is 10.4. The highest BCUT2D eigenvalue weighted by molar-refractivity contribution is 5.81. The molecule has 1 atom stereocenters. The maximum Gasteiger partial charge on any atom is 0.237 e. The van der Waals surface area contributed by atoms with Crippen molar-refractivity contribution >= 4 is 5.91 Å². The fourth-order valence-electron chi connectivity index (χ4n) is 4.05. The number of likely N-dealkylation sites (N-methyl/N-ethyl adjacent to an activating group) is 1. The van der Waals surface area contributed by atoms with Crippen LogP contribution in [-0.2, 0) is 4.79 Å². The molecule has 1 amide bonds. The molecule has 5 nitrogen and oxygen atoms in total. The number of nitrogens with zero attached hydrogens (tertiary/aromatic N) is 2. The van der Waals surface area contributed by atoms with Crippen molar-refractivity contribution in [1.82, 2.24) is 15.1 Å². The zero-order chi connectivity index (χ0) is 17.4. The summed E-state index contributed by atoms with van der Waals surface area (Å²) in [5.74, 6) is 0.861. The first-order chi connectivity index (χ1) is 11.6. The highest BCUT2D eigenvalue weighted by Crippen LogP contribution is 2.20. The third-order valence-electron chi connectivity index (χ3n) is 5.91. The molecule has 1 saturated carbocycles. The van der Waals surface area contributed by atoms with Gasteiger partial charge < -0.3 is 15.3 Å². The molecule has 0 aromatic carbocycles. The van der Waals surface area contributed by atoms with Crippen molar-refractivity contribution in [3.05, 3.63) is 0 Å². The lowest BCUT2D eigenvalue weighted by Crippen LogP contribution is -2.49. The van der Waals surface area contributed by atoms with E-state index in [9.17, 15) is 4.79 Å². The normalized spacial score (nSPS) is 23.2. The Balaban J connectivity index is 1.71. The van der Waals surface area contributed by atoms with E-state index < -0.39 is 0 Å². The van der Waals surface area contributed by atoms with Crippen molar-refractivity contribution in [1.29, 1.82) is 0 Å². The van der Waals surface area contributed by atoms with E-state index in [1.165, 1.54) is 38.5 Å². The number of aliphatic hydroxyl groups excluding tert-OH is 1. The van der Waals surface area contributed by atoms with Gasteiger partial charge in [0.15, 0.2) is 0 Å². The Kier molecular flexibility index (Phi) is 8.50. The summed E-state index contributed by atoms with van der Waals surface area (Å²) < 4.78 is 0. The fraction of sp³-hybridized carbons (Fsp3) is 0.947. The minimum absolute atomic E-state index is 0.0521. The lowest BCUT2D eigenvalue weighted by atomic mass is 9.96. The second-order valence-corrected chi connectivity index (χ2v) is 7.82. The van der Waals surface area contributed by atoms with E-state index in [1.54, 1.807) is 0 Å². The van der Waals surface area contributed by atoms with Crippen molar-refractivity contribution in [2.45, 2.75) is 70.4 Å². The number of nitrogens with one attached hydrogen (secondary N) is 1. The zero-order valence-corrected chi connectivity index (χ0v) is 15.7. The molecule has 5 heteroatoms. The first kappa shape index (κ1) is 19.7. The summed E-state index contributed by atoms with van der Waals surface area (Å²) in [4.78, 5) is 17.1. The number of carbonyl (C=O) groups is 1. The standard InChI is InChI=1S/C19H37N3O2/c1-16(19(24)20-18-7-5-3-4-6-8-18)21(2)15-17-9-11-22(12-10-17)13-14-23/h16-18,23H,3-15H2,1-2H3,(H,20,24). The Labute approximate surface area is 147 Å². The van der Waals surface area contributed by atoms with Crippen LogP contribution in [0.3, 0.4) is 0 Å². The van der Waals surface area contributed by atoms with Crippen LogP contribution in [0.1, 0.15) is 58.3 Å². The van der Waals surface area contributed by atoms with Gasteiger partial charge in [0.05, 0.1) is 12.6 Å². The monoisotopic (exact) mass is 339 g/mol. The summed E-state index contributed by atoms with van der Waals surface area (Å²) in [6, 6.07) is 0.335. The third-order valence-corrected chi connectivity index (χ3v) is 5.91. The topological polar surface area (TPSA) is 55.8 Å². The Hall–Kier alpha value is -0.650. The van der Waals surface area contributed by atoms with Crippen LogP contribution in [0.5, 0.6) is 0 Å². The average Bonchev–Trinajstić information content (AvgIpc) is 2.84. The average molecular weight is 340 g/mol. The molecule has 0 aromatic heterocycles. The number of hydrogen-bond donors (Lipinski definition) is 2. The number of aliphatic hydroxyl groups is 1. The third kappa shape index (κ3) is 6.34. The molecule has 2 fully saturated rings. The molecule has 1 aliphatic carbocycles. The Morgan fingerprint density at radius 3 is 2.38 bits per heavy atom. The van der Waals surface area contributed by atoms with E-state index >= 15 is 0 Å². The Morgan fingerprint density at radius 2 is 1.79 bits per heavy atom. The summed E-state index contributed by atoms with van der Waals surface area (Å²) in [6.07, 6.45) is 9.76. The van der Waals surface area contributed by atoms with Crippen LogP contribution in [0.2, 0.25) is 0 Å². The van der Waals surface area contributed by atoms with E-state index in [2.05, 4.69) is 22.2 Å². The SMILES string of the molecule is CC(C(=O)NC1CCCCCC1)N(C)CC1CCN(CCO)CC1. The number of amides is 1. The Morgan fingerprint density at radius 1 is 1.17 bits per heavy atom. The van der Waals surface area contributed by atoms with E-state index in [0.29, 0.717) is 12.0 Å². The van der Waals surface area contributed by atoms with Gasteiger partial charge in [-0.05, 0) is 58.7 Å². The van der Waals surface area contributed by atoms with Crippen molar-refractivity contribution < 1.29 is 9.90 Å². The van der Waals surface area contributed by atoms with E-state index in [1.807, 2.05) is 6.92 Å². The van der Waals surface area contributed by atoms with Gasteiger partial charge >= 0.3 is 0 Å². The van der Waals surface area contributed by atoms with Gasteiger partial charge in [0, 0.05) is 19.1 Å². The fourth-order valence-corrected chi connectivity index (χ4v) is 4.05. The van der Waals surface area contributed by atoms with Crippen LogP contribution in [0.25, 0.3) is 0 Å². The number of hydrogen-bond acceptors (Lipinski definition) is 4. The number of β-amino-alcohol motifs (C(OH)–C–C–N with tert-alkyl or cyclic N) is 1. The Bertz CT molecular complexity index is 362. The van der Waals surface area contributed by atoms with E-state index in [-0.39, 0.29) is 18.6 Å². The van der Waals surface area contributed by atoms with Crippen LogP contribution in [0.4, 0.5) is 0 Å². The molecule has 0 bridgehead atoms. The van der Waals surface area contributed by atoms with Gasteiger partial charge in [-0.25, -0.2) is 0 Å². The van der Waals surface area contributed by atoms with Gasteiger partial charge in [0.2, 0.25) is 5.91 Å². The molecule has 0 spiro atoms. The summed E-state index contributed by atoms with van der Waals surface area (Å²) in [5.41, 5.74) is 0. The molecule has 2 N–H and O–H groups in total. The van der Waals surface area contributed by atoms with Crippen molar-refractivity contribution in [3.8, 4) is 0 Å². The number of carbonyl (C=O) groups excluding carboxylic acids is 1. The van der Waals surface area contributed by atoms with Crippen LogP contribution >= 0.6 is 0 Å². The predicted octanol–water partition coefficient (Wildman–Crippen LogP) is 1.85. The van der Waals surface area contributed by atoms with Crippen LogP contribution in [-0.4, -0.2) is 72.7 Å². The van der Waals surface area contributed by atoms with Gasteiger partial charge in [-0.15, -0.1) is 0 Å². The molecule has 140 valence electrons. The highest BCUT2D eigenvalue weighted by atomic mass is 16.3. The van der Waals surface area contributed by atoms with Gasteiger partial charge in [-0.1, -0.05) is 25.7 Å². The molecule has 0 radical (unpaired) electrons. The molecular formula is C19H37N3O2. The van der Waals surface area contributed by atoms with Crippen LogP contribution < -0.4 is 5.32 Å². The van der Waals surface area contributed by atoms with Crippen LogP contribution in [0, 0.1) is 5.92 Å². The summed E-state index contributed by atoms with van der Waals surface area (Å²) >= 11 is 0. The van der Waals surface area contributed by atoms with Crippen molar-refractivity contribution in [2.75, 3.05) is 39.8 Å². The molecule has 1 aliphatic heterocycles. The molecular weight excluding hydrogens is 302 g/mol. The van der Waals surface area contributed by atoms with E-state index in [0.717, 1.165) is 39.0 Å². The highest BCUT2D eigenvalue weighted by Gasteiger charge is 2.25. The lowest BCUT2D eigenvalue weighted by Gasteiger charge is -2.35. The van der Waals surface area contributed by atoms with Gasteiger partial charge in [0.1, 0.15) is 0 Å². The molecule has 2 rings (SSSR count). The van der Waals surface area contributed by atoms with Crippen molar-refractivity contribution in [2.24, 2.45) is 5.92 Å². The molecule has 0 aromatic rings. The minimum atomic E-state index is -0.0521. The predicted molar refractivity (Wildman–Crippen MR) is 98.0 cm³/mol.